The minimum Gasteiger partial charge on any atom is -0.456 e. The van der Waals surface area contributed by atoms with Crippen LogP contribution in [0.5, 0.6) is 0 Å². The lowest BCUT2D eigenvalue weighted by atomic mass is 10.0. The number of hydrogen-bond donors (Lipinski definition) is 0. The lowest BCUT2D eigenvalue weighted by Gasteiger charge is -2.13. The summed E-state index contributed by atoms with van der Waals surface area (Å²) in [5.74, 6) is 1.86. The van der Waals surface area contributed by atoms with Crippen LogP contribution >= 0.6 is 0 Å². The first-order valence-corrected chi connectivity index (χ1v) is 21.2. The topological polar surface area (TPSA) is 61.7 Å². The monoisotopic (exact) mass is 805 g/mol. The van der Waals surface area contributed by atoms with Crippen LogP contribution in [0.1, 0.15) is 0 Å². The van der Waals surface area contributed by atoms with Crippen LogP contribution in [0, 0.1) is 0 Å². The van der Waals surface area contributed by atoms with Crippen molar-refractivity contribution in [2.45, 2.75) is 0 Å². The van der Waals surface area contributed by atoms with E-state index in [0.717, 1.165) is 82.8 Å². The van der Waals surface area contributed by atoms with Crippen molar-refractivity contribution in [1.82, 2.24) is 24.1 Å². The van der Waals surface area contributed by atoms with Gasteiger partial charge in [0, 0.05) is 60.4 Å². The molecule has 4 heterocycles. The number of para-hydroxylation sites is 2. The number of benzene rings is 9. The van der Waals surface area contributed by atoms with Crippen molar-refractivity contribution in [3.8, 4) is 56.7 Å². The Hall–Kier alpha value is -8.61. The molecule has 6 nitrogen and oxygen atoms in total. The zero-order valence-corrected chi connectivity index (χ0v) is 33.9. The van der Waals surface area contributed by atoms with Crippen LogP contribution in [0.15, 0.2) is 217 Å². The van der Waals surface area contributed by atoms with Crippen LogP contribution in [0.3, 0.4) is 0 Å². The van der Waals surface area contributed by atoms with Crippen LogP contribution in [0.2, 0.25) is 0 Å². The number of hydrogen-bond acceptors (Lipinski definition) is 4. The summed E-state index contributed by atoms with van der Waals surface area (Å²) in [4.78, 5) is 15.2. The highest BCUT2D eigenvalue weighted by molar-refractivity contribution is 6.27. The van der Waals surface area contributed by atoms with Crippen molar-refractivity contribution in [3.63, 3.8) is 0 Å². The van der Waals surface area contributed by atoms with Gasteiger partial charge in [0.1, 0.15) is 11.2 Å². The van der Waals surface area contributed by atoms with Gasteiger partial charge in [-0.25, -0.2) is 15.0 Å². The van der Waals surface area contributed by atoms with Gasteiger partial charge in [0.2, 0.25) is 0 Å². The van der Waals surface area contributed by atoms with Gasteiger partial charge in [-0.15, -0.1) is 0 Å². The summed E-state index contributed by atoms with van der Waals surface area (Å²) in [6.07, 6.45) is 0. The molecule has 0 aliphatic heterocycles. The van der Waals surface area contributed by atoms with Gasteiger partial charge in [-0.1, -0.05) is 158 Å². The Kier molecular flexibility index (Phi) is 7.80. The highest BCUT2D eigenvalue weighted by Gasteiger charge is 2.22. The number of aromatic nitrogens is 5. The molecule has 0 fully saturated rings. The number of nitrogens with zero attached hydrogens (tertiary/aromatic N) is 5. The van der Waals surface area contributed by atoms with E-state index in [2.05, 4.69) is 155 Å². The van der Waals surface area contributed by atoms with Crippen molar-refractivity contribution in [2.24, 2.45) is 0 Å². The highest BCUT2D eigenvalue weighted by Crippen LogP contribution is 2.43. The predicted molar refractivity (Wildman–Crippen MR) is 258 cm³/mol. The molecule has 294 valence electrons. The Morgan fingerprint density at radius 3 is 1.59 bits per heavy atom. The van der Waals surface area contributed by atoms with Crippen LogP contribution < -0.4 is 0 Å². The quantitative estimate of drug-likeness (QED) is 0.168. The standard InChI is InChI=1S/C57H35N5O/c1-4-15-36(16-5-1)39-27-29-44-43-23-10-12-25-47(43)61(49(44)34-39)42-28-30-45-50(35-42)62(48-31-32-52-54(53(45)48)46-24-11-13-26-51(46)63-52)41-22-14-21-40(33-41)57-59-55(37-17-6-2-7-18-37)58-56(60-57)38-19-8-3-9-20-38/h1-35H. The molecule has 0 bridgehead atoms. The van der Waals surface area contributed by atoms with E-state index in [0.29, 0.717) is 17.5 Å². The van der Waals surface area contributed by atoms with E-state index in [1.807, 2.05) is 66.7 Å². The largest absolute Gasteiger partial charge is 0.456 e. The lowest BCUT2D eigenvalue weighted by Crippen LogP contribution is -2.01. The van der Waals surface area contributed by atoms with Crippen molar-refractivity contribution in [2.75, 3.05) is 0 Å². The van der Waals surface area contributed by atoms with Crippen LogP contribution in [-0.4, -0.2) is 24.1 Å². The van der Waals surface area contributed by atoms with E-state index in [4.69, 9.17) is 19.4 Å². The van der Waals surface area contributed by atoms with E-state index < -0.39 is 0 Å². The van der Waals surface area contributed by atoms with Crippen molar-refractivity contribution in [1.29, 1.82) is 0 Å². The maximum atomic E-state index is 6.49. The second-order valence-electron chi connectivity index (χ2n) is 16.0. The van der Waals surface area contributed by atoms with Gasteiger partial charge in [0.25, 0.3) is 0 Å². The Morgan fingerprint density at radius 2 is 0.841 bits per heavy atom. The zero-order valence-electron chi connectivity index (χ0n) is 33.9. The minimum absolute atomic E-state index is 0.605. The molecule has 13 aromatic rings. The lowest BCUT2D eigenvalue weighted by molar-refractivity contribution is 0.669. The Labute approximate surface area is 361 Å². The third-order valence-corrected chi connectivity index (χ3v) is 12.4. The summed E-state index contributed by atoms with van der Waals surface area (Å²) >= 11 is 0. The molecule has 4 aromatic heterocycles. The van der Waals surface area contributed by atoms with Crippen LogP contribution in [0.4, 0.5) is 0 Å². The van der Waals surface area contributed by atoms with Gasteiger partial charge in [0.05, 0.1) is 22.1 Å². The molecule has 0 N–H and O–H groups in total. The van der Waals surface area contributed by atoms with Gasteiger partial charge in [-0.2, -0.15) is 0 Å². The smallest absolute Gasteiger partial charge is 0.164 e. The molecule has 0 aliphatic carbocycles. The second kappa shape index (κ2) is 14.0. The maximum Gasteiger partial charge on any atom is 0.164 e. The van der Waals surface area contributed by atoms with E-state index in [1.165, 1.54) is 21.9 Å². The molecule has 6 heteroatoms. The summed E-state index contributed by atoms with van der Waals surface area (Å²) in [5, 5.41) is 6.92. The fourth-order valence-corrected chi connectivity index (χ4v) is 9.51. The molecular formula is C57H35N5O. The van der Waals surface area contributed by atoms with E-state index >= 15 is 0 Å². The Bertz CT molecular complexity index is 3850. The van der Waals surface area contributed by atoms with Crippen LogP contribution in [0.25, 0.3) is 122 Å². The van der Waals surface area contributed by atoms with Gasteiger partial charge < -0.3 is 13.6 Å². The molecule has 13 rings (SSSR count). The van der Waals surface area contributed by atoms with Gasteiger partial charge in [0.15, 0.2) is 17.5 Å². The fraction of sp³-hybridized carbons (Fsp3) is 0. The number of fused-ring (bicyclic) bond motifs is 10. The van der Waals surface area contributed by atoms with Gasteiger partial charge in [-0.3, -0.25) is 0 Å². The van der Waals surface area contributed by atoms with E-state index in [9.17, 15) is 0 Å². The molecule has 9 aromatic carbocycles. The second-order valence-corrected chi connectivity index (χ2v) is 16.0. The van der Waals surface area contributed by atoms with Crippen molar-refractivity contribution in [3.05, 3.63) is 212 Å². The molecule has 63 heavy (non-hydrogen) atoms. The van der Waals surface area contributed by atoms with E-state index in [-0.39, 0.29) is 0 Å². The molecule has 0 radical (unpaired) electrons. The first-order valence-electron chi connectivity index (χ1n) is 21.2. The Morgan fingerprint density at radius 1 is 0.286 bits per heavy atom. The Balaban J connectivity index is 1.08. The molecular weight excluding hydrogens is 771 g/mol. The average Bonchev–Trinajstić information content (AvgIpc) is 4.02. The zero-order chi connectivity index (χ0) is 41.4. The molecule has 0 amide bonds. The third kappa shape index (κ3) is 5.62. The van der Waals surface area contributed by atoms with Gasteiger partial charge in [-0.05, 0) is 65.7 Å². The molecule has 0 spiro atoms. The normalized spacial score (nSPS) is 11.8. The summed E-state index contributed by atoms with van der Waals surface area (Å²) in [5.41, 5.74) is 13.4. The maximum absolute atomic E-state index is 6.49. The fourth-order valence-electron chi connectivity index (χ4n) is 9.51. The van der Waals surface area contributed by atoms with Crippen LogP contribution in [-0.2, 0) is 0 Å². The summed E-state index contributed by atoms with van der Waals surface area (Å²) < 4.78 is 11.3. The minimum atomic E-state index is 0.605. The van der Waals surface area contributed by atoms with Crippen molar-refractivity contribution < 1.29 is 4.42 Å². The summed E-state index contributed by atoms with van der Waals surface area (Å²) in [7, 11) is 0. The SMILES string of the molecule is c1ccc(-c2ccc3c4ccccc4n(-c4ccc5c6c7c(ccc6n(-c6cccc(-c8nc(-c9ccccc9)nc(-c9ccccc9)n8)c6)c5c4)oc4ccccc47)c3c2)cc1. The molecule has 0 aliphatic rings. The number of rotatable bonds is 6. The van der Waals surface area contributed by atoms with Gasteiger partial charge >= 0.3 is 0 Å². The molecule has 0 saturated carbocycles. The first-order chi connectivity index (χ1) is 31.2. The third-order valence-electron chi connectivity index (χ3n) is 12.4. The summed E-state index contributed by atoms with van der Waals surface area (Å²) in [6.45, 7) is 0. The molecule has 0 saturated heterocycles. The number of furan rings is 1. The first kappa shape index (κ1) is 35.2. The average molecular weight is 806 g/mol. The predicted octanol–water partition coefficient (Wildman–Crippen LogP) is 14.6. The van der Waals surface area contributed by atoms with E-state index in [1.54, 1.807) is 0 Å². The van der Waals surface area contributed by atoms with Crippen molar-refractivity contribution >= 4 is 65.6 Å². The summed E-state index contributed by atoms with van der Waals surface area (Å²) in [6, 6.07) is 74.5. The molecule has 0 unspecified atom stereocenters. The molecule has 0 atom stereocenters. The highest BCUT2D eigenvalue weighted by atomic mass is 16.3.